The summed E-state index contributed by atoms with van der Waals surface area (Å²) in [4.78, 5) is 23.1. The van der Waals surface area contributed by atoms with E-state index < -0.39 is 5.91 Å². The second kappa shape index (κ2) is 7.84. The van der Waals surface area contributed by atoms with E-state index in [0.29, 0.717) is 12.3 Å². The number of rotatable bonds is 7. The number of amides is 2. The molecule has 120 valence electrons. The summed E-state index contributed by atoms with van der Waals surface area (Å²) in [5.41, 5.74) is 6.44. The van der Waals surface area contributed by atoms with E-state index in [1.165, 1.54) is 0 Å². The third-order valence-electron chi connectivity index (χ3n) is 3.16. The Morgan fingerprint density at radius 2 is 1.78 bits per heavy atom. The summed E-state index contributed by atoms with van der Waals surface area (Å²) in [7, 11) is 1.60. The van der Waals surface area contributed by atoms with Crippen molar-refractivity contribution in [3.05, 3.63) is 59.7 Å². The lowest BCUT2D eigenvalue weighted by molar-refractivity contribution is -0.123. The van der Waals surface area contributed by atoms with Crippen LogP contribution in [0.4, 0.5) is 0 Å². The van der Waals surface area contributed by atoms with Crippen LogP contribution in [0.3, 0.4) is 0 Å². The molecule has 0 atom stereocenters. The summed E-state index contributed by atoms with van der Waals surface area (Å²) in [5, 5.41) is 2.73. The number of carbonyl (C=O) groups excluding carboxylic acids is 2. The summed E-state index contributed by atoms with van der Waals surface area (Å²) in [5.74, 6) is 0.158. The summed E-state index contributed by atoms with van der Waals surface area (Å²) in [6.45, 7) is 0.185. The Hall–Kier alpha value is -3.02. The van der Waals surface area contributed by atoms with Crippen LogP contribution in [-0.2, 0) is 11.3 Å². The summed E-state index contributed by atoms with van der Waals surface area (Å²) in [6.07, 6.45) is 0. The molecule has 0 saturated carbocycles. The Morgan fingerprint density at radius 1 is 1.09 bits per heavy atom. The molecular formula is C17H18N2O4. The Labute approximate surface area is 134 Å². The van der Waals surface area contributed by atoms with E-state index in [1.54, 1.807) is 31.4 Å². The SMILES string of the molecule is COc1ccc(CNC(=O)COc2ccccc2C(N)=O)cc1. The molecule has 0 aliphatic carbocycles. The first-order valence-corrected chi connectivity index (χ1v) is 7.01. The molecule has 6 heteroatoms. The monoisotopic (exact) mass is 314 g/mol. The van der Waals surface area contributed by atoms with Crippen molar-refractivity contribution in [1.29, 1.82) is 0 Å². The van der Waals surface area contributed by atoms with Gasteiger partial charge in [-0.1, -0.05) is 24.3 Å². The molecule has 0 heterocycles. The normalized spacial score (nSPS) is 9.96. The maximum atomic E-state index is 11.8. The van der Waals surface area contributed by atoms with Crippen LogP contribution in [0.1, 0.15) is 15.9 Å². The van der Waals surface area contributed by atoms with Crippen molar-refractivity contribution in [2.75, 3.05) is 13.7 Å². The van der Waals surface area contributed by atoms with E-state index in [4.69, 9.17) is 15.2 Å². The van der Waals surface area contributed by atoms with Crippen LogP contribution in [-0.4, -0.2) is 25.5 Å². The third-order valence-corrected chi connectivity index (χ3v) is 3.16. The van der Waals surface area contributed by atoms with Gasteiger partial charge in [-0.3, -0.25) is 9.59 Å². The molecular weight excluding hydrogens is 296 g/mol. The molecule has 2 amide bonds. The van der Waals surface area contributed by atoms with Crippen LogP contribution in [0.25, 0.3) is 0 Å². The molecule has 0 saturated heterocycles. The number of nitrogens with one attached hydrogen (secondary N) is 1. The van der Waals surface area contributed by atoms with E-state index in [9.17, 15) is 9.59 Å². The number of primary amides is 1. The van der Waals surface area contributed by atoms with Crippen molar-refractivity contribution >= 4 is 11.8 Å². The molecule has 0 spiro atoms. The topological polar surface area (TPSA) is 90.7 Å². The van der Waals surface area contributed by atoms with Gasteiger partial charge >= 0.3 is 0 Å². The standard InChI is InChI=1S/C17H18N2O4/c1-22-13-8-6-12(7-9-13)10-19-16(20)11-23-15-5-3-2-4-14(15)17(18)21/h2-9H,10-11H2,1H3,(H2,18,21)(H,19,20). The van der Waals surface area contributed by atoms with Gasteiger partial charge in [0.25, 0.3) is 11.8 Å². The first kappa shape index (κ1) is 16.4. The molecule has 0 aliphatic heterocycles. The molecule has 2 rings (SSSR count). The van der Waals surface area contributed by atoms with Gasteiger partial charge in [-0.05, 0) is 29.8 Å². The van der Waals surface area contributed by atoms with Gasteiger partial charge < -0.3 is 20.5 Å². The van der Waals surface area contributed by atoms with E-state index in [-0.39, 0.29) is 18.1 Å². The van der Waals surface area contributed by atoms with Crippen molar-refractivity contribution in [3.63, 3.8) is 0 Å². The molecule has 0 radical (unpaired) electrons. The van der Waals surface area contributed by atoms with Crippen molar-refractivity contribution in [2.45, 2.75) is 6.54 Å². The number of benzene rings is 2. The maximum Gasteiger partial charge on any atom is 0.258 e. The second-order valence-electron chi connectivity index (χ2n) is 4.77. The minimum atomic E-state index is -0.598. The zero-order chi connectivity index (χ0) is 16.7. The molecule has 6 nitrogen and oxygen atoms in total. The third kappa shape index (κ3) is 4.74. The molecule has 23 heavy (non-hydrogen) atoms. The fourth-order valence-corrected chi connectivity index (χ4v) is 1.93. The van der Waals surface area contributed by atoms with Gasteiger partial charge in [-0.25, -0.2) is 0 Å². The first-order chi connectivity index (χ1) is 11.1. The second-order valence-corrected chi connectivity index (χ2v) is 4.77. The van der Waals surface area contributed by atoms with Crippen molar-refractivity contribution in [1.82, 2.24) is 5.32 Å². The molecule has 0 bridgehead atoms. The minimum absolute atomic E-state index is 0.194. The molecule has 2 aromatic rings. The van der Waals surface area contributed by atoms with E-state index >= 15 is 0 Å². The van der Waals surface area contributed by atoms with Crippen LogP contribution in [0.5, 0.6) is 11.5 Å². The number of methoxy groups -OCH3 is 1. The zero-order valence-electron chi connectivity index (χ0n) is 12.7. The largest absolute Gasteiger partial charge is 0.497 e. The zero-order valence-corrected chi connectivity index (χ0v) is 12.7. The minimum Gasteiger partial charge on any atom is -0.497 e. The number of hydrogen-bond donors (Lipinski definition) is 2. The number of nitrogens with two attached hydrogens (primary N) is 1. The predicted molar refractivity (Wildman–Crippen MR) is 85.3 cm³/mol. The highest BCUT2D eigenvalue weighted by atomic mass is 16.5. The van der Waals surface area contributed by atoms with Gasteiger partial charge in [-0.2, -0.15) is 0 Å². The lowest BCUT2D eigenvalue weighted by Gasteiger charge is -2.10. The van der Waals surface area contributed by atoms with Crippen molar-refractivity contribution in [2.24, 2.45) is 5.73 Å². The lowest BCUT2D eigenvalue weighted by Crippen LogP contribution is -2.28. The number of carbonyl (C=O) groups is 2. The smallest absolute Gasteiger partial charge is 0.258 e. The van der Waals surface area contributed by atoms with Gasteiger partial charge in [0.2, 0.25) is 0 Å². The molecule has 0 aliphatic rings. The quantitative estimate of drug-likeness (QED) is 0.810. The van der Waals surface area contributed by atoms with Crippen LogP contribution < -0.4 is 20.5 Å². The van der Waals surface area contributed by atoms with E-state index in [0.717, 1.165) is 11.3 Å². The van der Waals surface area contributed by atoms with Gasteiger partial charge in [0.05, 0.1) is 12.7 Å². The average Bonchev–Trinajstić information content (AvgIpc) is 2.58. The van der Waals surface area contributed by atoms with Crippen LogP contribution >= 0.6 is 0 Å². The van der Waals surface area contributed by atoms with Gasteiger partial charge in [0.1, 0.15) is 11.5 Å². The molecule has 0 aromatic heterocycles. The Balaban J connectivity index is 1.84. The summed E-state index contributed by atoms with van der Waals surface area (Å²) < 4.78 is 10.4. The molecule has 0 unspecified atom stereocenters. The van der Waals surface area contributed by atoms with Gasteiger partial charge in [0.15, 0.2) is 6.61 Å². The number of ether oxygens (including phenoxy) is 2. The van der Waals surface area contributed by atoms with Gasteiger partial charge in [-0.15, -0.1) is 0 Å². The van der Waals surface area contributed by atoms with Crippen molar-refractivity contribution in [3.8, 4) is 11.5 Å². The predicted octanol–water partition coefficient (Wildman–Crippen LogP) is 1.49. The van der Waals surface area contributed by atoms with Crippen LogP contribution in [0.2, 0.25) is 0 Å². The lowest BCUT2D eigenvalue weighted by atomic mass is 10.2. The van der Waals surface area contributed by atoms with Gasteiger partial charge in [0, 0.05) is 6.54 Å². The Bertz CT molecular complexity index is 683. The molecule has 3 N–H and O–H groups in total. The number of para-hydroxylation sites is 1. The highest BCUT2D eigenvalue weighted by Crippen LogP contribution is 2.17. The fraction of sp³-hybridized carbons (Fsp3) is 0.176. The van der Waals surface area contributed by atoms with Crippen LogP contribution in [0, 0.1) is 0 Å². The summed E-state index contributed by atoms with van der Waals surface area (Å²) in [6, 6.07) is 13.9. The fourth-order valence-electron chi connectivity index (χ4n) is 1.93. The molecule has 2 aromatic carbocycles. The average molecular weight is 314 g/mol. The Kier molecular flexibility index (Phi) is 5.57. The maximum absolute atomic E-state index is 11.8. The number of hydrogen-bond acceptors (Lipinski definition) is 4. The first-order valence-electron chi connectivity index (χ1n) is 7.01. The van der Waals surface area contributed by atoms with E-state index in [1.807, 2.05) is 24.3 Å². The Morgan fingerprint density at radius 3 is 2.43 bits per heavy atom. The summed E-state index contributed by atoms with van der Waals surface area (Å²) >= 11 is 0. The highest BCUT2D eigenvalue weighted by Gasteiger charge is 2.10. The van der Waals surface area contributed by atoms with E-state index in [2.05, 4.69) is 5.32 Å². The van der Waals surface area contributed by atoms with Crippen molar-refractivity contribution < 1.29 is 19.1 Å². The highest BCUT2D eigenvalue weighted by molar-refractivity contribution is 5.95. The van der Waals surface area contributed by atoms with Crippen LogP contribution in [0.15, 0.2) is 48.5 Å². The molecule has 0 fully saturated rings.